The molecule has 4 rings (SSSR count). The number of halogens is 2. The molecular weight excluding hydrogens is 401 g/mol. The normalized spacial score (nSPS) is 13.7. The second-order valence-corrected chi connectivity index (χ2v) is 7.71. The van der Waals surface area contributed by atoms with E-state index < -0.39 is 5.82 Å². The molecule has 0 spiro atoms. The monoisotopic (exact) mass is 419 g/mol. The van der Waals surface area contributed by atoms with E-state index in [9.17, 15) is 9.59 Å². The first-order valence-corrected chi connectivity index (χ1v) is 9.91. The van der Waals surface area contributed by atoms with Crippen LogP contribution in [-0.2, 0) is 11.3 Å². The van der Waals surface area contributed by atoms with E-state index in [1.165, 1.54) is 19.9 Å². The molecule has 1 aliphatic heterocycles. The first kappa shape index (κ1) is 20.0. The molecule has 150 valence electrons. The largest absolute Gasteiger partial charge is 0.308 e. The first-order chi connectivity index (χ1) is 14.3. The minimum atomic E-state index is -0.418. The van der Waals surface area contributed by atoms with Gasteiger partial charge in [-0.2, -0.15) is 0 Å². The summed E-state index contributed by atoms with van der Waals surface area (Å²) in [5.41, 5.74) is 4.32. The topological polar surface area (TPSA) is 37.4 Å². The Labute approximate surface area is 179 Å². The third kappa shape index (κ3) is 3.66. The molecule has 5 heteroatoms. The maximum atomic E-state index is 15.1. The standard InChI is InChI=1S/C25H19ClFNO2/c1-15(29)21-5-3-4-6-22(21)23-11-19-14-28(16(2)30)25-13-20(26)10-9-17(25)7-8-18(19)12-24(23)27/h3-13H,14H2,1-2H3/b8-7-. The van der Waals surface area contributed by atoms with Crippen molar-refractivity contribution < 1.29 is 14.0 Å². The van der Waals surface area contributed by atoms with Crippen molar-refractivity contribution >= 4 is 41.1 Å². The van der Waals surface area contributed by atoms with Crippen LogP contribution in [0.4, 0.5) is 10.1 Å². The van der Waals surface area contributed by atoms with Crippen molar-refractivity contribution in [3.63, 3.8) is 0 Å². The van der Waals surface area contributed by atoms with Crippen LogP contribution in [0.1, 0.15) is 40.9 Å². The zero-order valence-corrected chi connectivity index (χ0v) is 17.3. The number of carbonyl (C=O) groups is 2. The van der Waals surface area contributed by atoms with Crippen molar-refractivity contribution in [2.24, 2.45) is 0 Å². The molecule has 0 radical (unpaired) electrons. The van der Waals surface area contributed by atoms with Gasteiger partial charge >= 0.3 is 0 Å². The van der Waals surface area contributed by atoms with E-state index in [-0.39, 0.29) is 18.2 Å². The van der Waals surface area contributed by atoms with Crippen LogP contribution in [-0.4, -0.2) is 11.7 Å². The van der Waals surface area contributed by atoms with E-state index in [4.69, 9.17) is 11.6 Å². The third-order valence-corrected chi connectivity index (χ3v) is 5.49. The van der Waals surface area contributed by atoms with Gasteiger partial charge in [0.15, 0.2) is 5.78 Å². The number of carbonyl (C=O) groups excluding carboxylic acids is 2. The van der Waals surface area contributed by atoms with Crippen LogP contribution < -0.4 is 4.90 Å². The molecule has 0 N–H and O–H groups in total. The second-order valence-electron chi connectivity index (χ2n) is 7.27. The summed E-state index contributed by atoms with van der Waals surface area (Å²) in [6, 6.07) is 15.5. The fraction of sp³-hybridized carbons (Fsp3) is 0.120. The van der Waals surface area contributed by atoms with Gasteiger partial charge in [-0.1, -0.05) is 54.1 Å². The number of ketones is 1. The maximum Gasteiger partial charge on any atom is 0.224 e. The van der Waals surface area contributed by atoms with Crippen LogP contribution in [0.15, 0.2) is 54.6 Å². The molecule has 3 aromatic rings. The van der Waals surface area contributed by atoms with Crippen LogP contribution in [0.2, 0.25) is 5.02 Å². The summed E-state index contributed by atoms with van der Waals surface area (Å²) >= 11 is 6.17. The van der Waals surface area contributed by atoms with Gasteiger partial charge in [0.2, 0.25) is 5.91 Å². The van der Waals surface area contributed by atoms with Gasteiger partial charge in [0.05, 0.1) is 12.2 Å². The highest BCUT2D eigenvalue weighted by Gasteiger charge is 2.21. The van der Waals surface area contributed by atoms with Crippen LogP contribution in [0.25, 0.3) is 23.3 Å². The molecule has 1 amide bonds. The van der Waals surface area contributed by atoms with Gasteiger partial charge in [-0.15, -0.1) is 0 Å². The molecule has 0 aromatic heterocycles. The van der Waals surface area contributed by atoms with Crippen LogP contribution >= 0.6 is 11.6 Å². The first-order valence-electron chi connectivity index (χ1n) is 9.53. The second kappa shape index (κ2) is 7.88. The predicted octanol–water partition coefficient (Wildman–Crippen LogP) is 6.39. The molecule has 3 nitrogen and oxygen atoms in total. The summed E-state index contributed by atoms with van der Waals surface area (Å²) in [7, 11) is 0. The van der Waals surface area contributed by atoms with E-state index in [0.717, 1.165) is 11.1 Å². The molecule has 0 unspecified atom stereocenters. The summed E-state index contributed by atoms with van der Waals surface area (Å²) in [6.07, 6.45) is 3.69. The lowest BCUT2D eigenvalue weighted by atomic mass is 9.92. The molecule has 0 saturated carbocycles. The number of hydrogen-bond donors (Lipinski definition) is 0. The van der Waals surface area contributed by atoms with Gasteiger partial charge in [0.1, 0.15) is 5.82 Å². The van der Waals surface area contributed by atoms with Crippen molar-refractivity contribution in [2.45, 2.75) is 20.4 Å². The Morgan fingerprint density at radius 2 is 1.67 bits per heavy atom. The quantitative estimate of drug-likeness (QED) is 0.451. The van der Waals surface area contributed by atoms with Crippen molar-refractivity contribution in [1.82, 2.24) is 0 Å². The number of hydrogen-bond acceptors (Lipinski definition) is 2. The van der Waals surface area contributed by atoms with E-state index in [1.54, 1.807) is 47.4 Å². The Hall–Kier alpha value is -3.24. The van der Waals surface area contributed by atoms with E-state index in [2.05, 4.69) is 0 Å². The van der Waals surface area contributed by atoms with E-state index in [1.807, 2.05) is 18.2 Å². The molecule has 0 saturated heterocycles. The average Bonchev–Trinajstić information content (AvgIpc) is 2.70. The highest BCUT2D eigenvalue weighted by Crippen LogP contribution is 2.35. The molecule has 1 aliphatic rings. The van der Waals surface area contributed by atoms with Gasteiger partial charge in [0, 0.05) is 23.1 Å². The third-order valence-electron chi connectivity index (χ3n) is 5.26. The van der Waals surface area contributed by atoms with Crippen molar-refractivity contribution in [1.29, 1.82) is 0 Å². The van der Waals surface area contributed by atoms with Crippen molar-refractivity contribution in [3.8, 4) is 11.1 Å². The lowest BCUT2D eigenvalue weighted by Gasteiger charge is -2.26. The van der Waals surface area contributed by atoms with Crippen LogP contribution in [0.3, 0.4) is 0 Å². The van der Waals surface area contributed by atoms with Gasteiger partial charge in [-0.25, -0.2) is 4.39 Å². The highest BCUT2D eigenvalue weighted by atomic mass is 35.5. The fourth-order valence-electron chi connectivity index (χ4n) is 3.76. The smallest absolute Gasteiger partial charge is 0.224 e. The zero-order chi connectivity index (χ0) is 21.4. The SMILES string of the molecule is CC(=O)c1ccccc1-c1cc2c(cc1F)/C=C\c1ccc(Cl)cc1N(C(C)=O)C2. The molecular formula is C25H19ClFNO2. The molecule has 0 atom stereocenters. The Morgan fingerprint density at radius 3 is 2.40 bits per heavy atom. The van der Waals surface area contributed by atoms with Gasteiger partial charge in [-0.3, -0.25) is 9.59 Å². The Balaban J connectivity index is 1.91. The minimum Gasteiger partial charge on any atom is -0.308 e. The lowest BCUT2D eigenvalue weighted by molar-refractivity contribution is -0.116. The number of nitrogens with zero attached hydrogens (tertiary/aromatic N) is 1. The number of amides is 1. The summed E-state index contributed by atoms with van der Waals surface area (Å²) in [4.78, 5) is 26.1. The van der Waals surface area contributed by atoms with Crippen LogP contribution in [0.5, 0.6) is 0 Å². The average molecular weight is 420 g/mol. The Kier molecular flexibility index (Phi) is 5.27. The molecule has 0 aliphatic carbocycles. The molecule has 30 heavy (non-hydrogen) atoms. The number of rotatable bonds is 2. The fourth-order valence-corrected chi connectivity index (χ4v) is 3.93. The molecule has 1 heterocycles. The van der Waals surface area contributed by atoms with Gasteiger partial charge < -0.3 is 4.90 Å². The maximum absolute atomic E-state index is 15.1. The Bertz CT molecular complexity index is 1220. The molecule has 3 aromatic carbocycles. The number of fused-ring (bicyclic) bond motifs is 2. The highest BCUT2D eigenvalue weighted by molar-refractivity contribution is 6.31. The molecule has 0 bridgehead atoms. The summed E-state index contributed by atoms with van der Waals surface area (Å²) in [5.74, 6) is -0.696. The minimum absolute atomic E-state index is 0.134. The Morgan fingerprint density at radius 1 is 0.933 bits per heavy atom. The van der Waals surface area contributed by atoms with Crippen molar-refractivity contribution in [3.05, 3.63) is 87.7 Å². The number of benzene rings is 3. The predicted molar refractivity (Wildman–Crippen MR) is 119 cm³/mol. The van der Waals surface area contributed by atoms with E-state index >= 15 is 4.39 Å². The van der Waals surface area contributed by atoms with E-state index in [0.29, 0.717) is 33.0 Å². The summed E-state index contributed by atoms with van der Waals surface area (Å²) < 4.78 is 15.1. The summed E-state index contributed by atoms with van der Waals surface area (Å²) in [5, 5.41) is 0.532. The lowest BCUT2D eigenvalue weighted by Crippen LogP contribution is -2.29. The van der Waals surface area contributed by atoms with Gasteiger partial charge in [0.25, 0.3) is 0 Å². The van der Waals surface area contributed by atoms with Gasteiger partial charge in [-0.05, 0) is 53.4 Å². The zero-order valence-electron chi connectivity index (χ0n) is 16.6. The summed E-state index contributed by atoms with van der Waals surface area (Å²) in [6.45, 7) is 3.22. The molecule has 0 fully saturated rings. The number of anilines is 1. The number of Topliss-reactive ketones (excluding diaryl/α,β-unsaturated/α-hetero) is 1. The van der Waals surface area contributed by atoms with Crippen LogP contribution in [0, 0.1) is 5.82 Å². The van der Waals surface area contributed by atoms with Crippen molar-refractivity contribution in [2.75, 3.05) is 4.90 Å².